The third-order valence-corrected chi connectivity index (χ3v) is 2.63. The Balaban J connectivity index is 2.72. The minimum absolute atomic E-state index is 0.201. The lowest BCUT2D eigenvalue weighted by molar-refractivity contribution is 0.0955. The summed E-state index contributed by atoms with van der Waals surface area (Å²) < 4.78 is 0. The zero-order valence-corrected chi connectivity index (χ0v) is 11.6. The molecule has 0 radical (unpaired) electrons. The fraction of sp³-hybridized carbons (Fsp3) is 0.333. The van der Waals surface area contributed by atoms with Gasteiger partial charge in [0.2, 0.25) is 0 Å². The van der Waals surface area contributed by atoms with Crippen molar-refractivity contribution in [2.24, 2.45) is 0 Å². The first-order valence-electron chi connectivity index (χ1n) is 5.57. The molecule has 0 fully saturated rings. The molecule has 2 N–H and O–H groups in total. The molecule has 4 nitrogen and oxygen atoms in total. The Morgan fingerprint density at radius 1 is 0.944 bits per heavy atom. The number of benzene rings is 1. The van der Waals surface area contributed by atoms with Crippen molar-refractivity contribution in [2.75, 3.05) is 24.6 Å². The van der Waals surface area contributed by atoms with Gasteiger partial charge in [-0.05, 0) is 18.2 Å². The number of carbonyl (C=O) groups excluding carboxylic acids is 2. The zero-order valence-electron chi connectivity index (χ0n) is 9.85. The number of hydrogen-bond donors (Lipinski definition) is 4. The molecule has 0 aromatic heterocycles. The molecule has 1 rings (SSSR count). The maximum Gasteiger partial charge on any atom is 0.251 e. The highest BCUT2D eigenvalue weighted by Gasteiger charge is 2.09. The maximum absolute atomic E-state index is 11.7. The van der Waals surface area contributed by atoms with E-state index in [-0.39, 0.29) is 11.8 Å². The molecule has 6 heteroatoms. The van der Waals surface area contributed by atoms with Crippen LogP contribution in [0, 0.1) is 0 Å². The lowest BCUT2D eigenvalue weighted by Crippen LogP contribution is -2.27. The highest BCUT2D eigenvalue weighted by atomic mass is 32.1. The molecule has 0 aliphatic rings. The van der Waals surface area contributed by atoms with Gasteiger partial charge in [-0.15, -0.1) is 0 Å². The molecule has 0 saturated heterocycles. The Hall–Kier alpha value is -1.14. The number of rotatable bonds is 6. The first kappa shape index (κ1) is 14.9. The van der Waals surface area contributed by atoms with E-state index in [9.17, 15) is 9.59 Å². The van der Waals surface area contributed by atoms with Crippen LogP contribution in [0.4, 0.5) is 0 Å². The Bertz CT molecular complexity index is 389. The molecule has 98 valence electrons. The summed E-state index contributed by atoms with van der Waals surface area (Å²) >= 11 is 8.03. The van der Waals surface area contributed by atoms with E-state index in [0.29, 0.717) is 35.7 Å². The quantitative estimate of drug-likeness (QED) is 0.589. The summed E-state index contributed by atoms with van der Waals surface area (Å²) in [4.78, 5) is 23.4. The number of carbonyl (C=O) groups is 2. The van der Waals surface area contributed by atoms with Crippen LogP contribution in [0.3, 0.4) is 0 Å². The molecule has 1 aromatic carbocycles. The summed E-state index contributed by atoms with van der Waals surface area (Å²) in [6, 6.07) is 6.60. The van der Waals surface area contributed by atoms with Gasteiger partial charge >= 0.3 is 0 Å². The average molecular weight is 284 g/mol. The molecule has 0 unspecified atom stereocenters. The monoisotopic (exact) mass is 284 g/mol. The van der Waals surface area contributed by atoms with Crippen LogP contribution in [0.1, 0.15) is 20.7 Å². The second-order valence-corrected chi connectivity index (χ2v) is 4.43. The molecule has 0 aliphatic heterocycles. The number of nitrogens with one attached hydrogen (secondary N) is 2. The van der Waals surface area contributed by atoms with Gasteiger partial charge in [0, 0.05) is 35.7 Å². The van der Waals surface area contributed by atoms with Gasteiger partial charge in [0.05, 0.1) is 0 Å². The predicted octanol–water partition coefficient (Wildman–Crippen LogP) is 1.01. The molecule has 0 spiro atoms. The van der Waals surface area contributed by atoms with Gasteiger partial charge < -0.3 is 10.6 Å². The van der Waals surface area contributed by atoms with Crippen LogP contribution in [-0.2, 0) is 0 Å². The van der Waals surface area contributed by atoms with E-state index < -0.39 is 0 Å². The van der Waals surface area contributed by atoms with Crippen LogP contribution in [0.25, 0.3) is 0 Å². The second kappa shape index (κ2) is 8.05. The van der Waals surface area contributed by atoms with Crippen molar-refractivity contribution in [3.8, 4) is 0 Å². The van der Waals surface area contributed by atoms with Crippen LogP contribution >= 0.6 is 25.3 Å². The van der Waals surface area contributed by atoms with E-state index in [4.69, 9.17) is 0 Å². The molecule has 2 amide bonds. The van der Waals surface area contributed by atoms with Crippen molar-refractivity contribution in [3.63, 3.8) is 0 Å². The topological polar surface area (TPSA) is 58.2 Å². The van der Waals surface area contributed by atoms with Gasteiger partial charge in [-0.25, -0.2) is 0 Å². The molecular weight excluding hydrogens is 268 g/mol. The molecule has 0 saturated carbocycles. The maximum atomic E-state index is 11.7. The largest absolute Gasteiger partial charge is 0.351 e. The predicted molar refractivity (Wildman–Crippen MR) is 78.8 cm³/mol. The molecule has 1 aromatic rings. The Kier molecular flexibility index (Phi) is 6.67. The SMILES string of the molecule is O=C(NCCS)c1cccc(C(=O)NCCS)c1. The third-order valence-electron chi connectivity index (χ3n) is 2.18. The first-order chi connectivity index (χ1) is 8.69. The van der Waals surface area contributed by atoms with Gasteiger partial charge in [-0.3, -0.25) is 9.59 Å². The molecule has 18 heavy (non-hydrogen) atoms. The van der Waals surface area contributed by atoms with Crippen molar-refractivity contribution in [1.29, 1.82) is 0 Å². The summed E-state index contributed by atoms with van der Waals surface area (Å²) in [5, 5.41) is 5.40. The fourth-order valence-corrected chi connectivity index (χ4v) is 1.57. The lowest BCUT2D eigenvalue weighted by Gasteiger charge is -2.06. The number of hydrogen-bond acceptors (Lipinski definition) is 4. The van der Waals surface area contributed by atoms with Crippen molar-refractivity contribution < 1.29 is 9.59 Å². The number of thiol groups is 2. The van der Waals surface area contributed by atoms with Gasteiger partial charge in [0.15, 0.2) is 0 Å². The average Bonchev–Trinajstić information content (AvgIpc) is 2.42. The smallest absolute Gasteiger partial charge is 0.251 e. The molecule has 0 bridgehead atoms. The first-order valence-corrected chi connectivity index (χ1v) is 6.83. The standard InChI is InChI=1S/C12H16N2O2S2/c15-11(13-4-6-17)9-2-1-3-10(8-9)12(16)14-5-7-18/h1-3,8,17-18H,4-7H2,(H,13,15)(H,14,16). The Morgan fingerprint density at radius 3 is 1.78 bits per heavy atom. The minimum atomic E-state index is -0.201. The second-order valence-electron chi connectivity index (χ2n) is 3.54. The van der Waals surface area contributed by atoms with E-state index in [1.54, 1.807) is 24.3 Å². The zero-order chi connectivity index (χ0) is 13.4. The van der Waals surface area contributed by atoms with Crippen LogP contribution in [0.5, 0.6) is 0 Å². The van der Waals surface area contributed by atoms with Crippen molar-refractivity contribution in [3.05, 3.63) is 35.4 Å². The van der Waals surface area contributed by atoms with Gasteiger partial charge in [-0.1, -0.05) is 6.07 Å². The molecule has 0 heterocycles. The van der Waals surface area contributed by atoms with E-state index in [2.05, 4.69) is 35.9 Å². The van der Waals surface area contributed by atoms with Gasteiger partial charge in [0.1, 0.15) is 0 Å². The molecule has 0 aliphatic carbocycles. The van der Waals surface area contributed by atoms with Crippen molar-refractivity contribution in [2.45, 2.75) is 0 Å². The van der Waals surface area contributed by atoms with Crippen LogP contribution in [0.15, 0.2) is 24.3 Å². The van der Waals surface area contributed by atoms with Crippen LogP contribution in [-0.4, -0.2) is 36.4 Å². The van der Waals surface area contributed by atoms with E-state index in [1.807, 2.05) is 0 Å². The number of amides is 2. The fourth-order valence-electron chi connectivity index (χ4n) is 1.34. The highest BCUT2D eigenvalue weighted by Crippen LogP contribution is 2.05. The normalized spacial score (nSPS) is 9.89. The van der Waals surface area contributed by atoms with E-state index in [0.717, 1.165) is 0 Å². The Labute approximate surface area is 117 Å². The molecule has 0 atom stereocenters. The van der Waals surface area contributed by atoms with Crippen LogP contribution in [0.2, 0.25) is 0 Å². The summed E-state index contributed by atoms with van der Waals surface area (Å²) in [6.07, 6.45) is 0. The van der Waals surface area contributed by atoms with Crippen molar-refractivity contribution in [1.82, 2.24) is 10.6 Å². The lowest BCUT2D eigenvalue weighted by atomic mass is 10.1. The van der Waals surface area contributed by atoms with E-state index >= 15 is 0 Å². The summed E-state index contributed by atoms with van der Waals surface area (Å²) in [5.74, 6) is 0.752. The van der Waals surface area contributed by atoms with Crippen LogP contribution < -0.4 is 10.6 Å². The minimum Gasteiger partial charge on any atom is -0.351 e. The summed E-state index contributed by atoms with van der Waals surface area (Å²) in [7, 11) is 0. The van der Waals surface area contributed by atoms with Gasteiger partial charge in [-0.2, -0.15) is 25.3 Å². The van der Waals surface area contributed by atoms with Crippen molar-refractivity contribution >= 4 is 37.1 Å². The summed E-state index contributed by atoms with van der Waals surface area (Å²) in [5.41, 5.74) is 0.936. The summed E-state index contributed by atoms with van der Waals surface area (Å²) in [6.45, 7) is 0.996. The van der Waals surface area contributed by atoms with E-state index in [1.165, 1.54) is 0 Å². The third kappa shape index (κ3) is 4.62. The molecular formula is C12H16N2O2S2. The highest BCUT2D eigenvalue weighted by molar-refractivity contribution is 7.80. The van der Waals surface area contributed by atoms with Gasteiger partial charge in [0.25, 0.3) is 11.8 Å². The Morgan fingerprint density at radius 2 is 1.39 bits per heavy atom.